The van der Waals surface area contributed by atoms with Crippen molar-refractivity contribution in [2.45, 2.75) is 110 Å². The first-order valence-corrected chi connectivity index (χ1v) is 18.5. The molecule has 6 rings (SSSR count). The third-order valence-electron chi connectivity index (χ3n) is 10.2. The van der Waals surface area contributed by atoms with Crippen LogP contribution >= 0.6 is 22.7 Å². The van der Waals surface area contributed by atoms with Crippen LogP contribution in [-0.4, -0.2) is 57.8 Å². The number of aliphatic hydroxyl groups is 2. The molecule has 2 aromatic heterocycles. The summed E-state index contributed by atoms with van der Waals surface area (Å²) in [5, 5.41) is 28.8. The standard InChI is InChI=1S/C38H50N2O4S2/c1-25(2)39-36(43)40(20-17-30-9-7-21-45-30)24-38(44)19-16-33-31-14-12-28(23-32(31)35(42)34-15-11-27(4)46-34)22-29(41)13-10-26(3)8-6-18-37(33,38)5/h7-9,11-12,14-15,21,23,25,29,33,41,44H,6,10,13,16-20,22,24H2,1-5H3,(H,39,43). The fraction of sp³-hybridized carbons (Fsp3) is 0.526. The summed E-state index contributed by atoms with van der Waals surface area (Å²) >= 11 is 3.19. The van der Waals surface area contributed by atoms with Crippen molar-refractivity contribution in [3.05, 3.63) is 90.8 Å². The van der Waals surface area contributed by atoms with Crippen molar-refractivity contribution < 1.29 is 19.8 Å². The van der Waals surface area contributed by atoms with Crippen LogP contribution in [-0.2, 0) is 12.8 Å². The summed E-state index contributed by atoms with van der Waals surface area (Å²) in [5.74, 6) is -0.0839. The Labute approximate surface area is 282 Å². The highest BCUT2D eigenvalue weighted by Crippen LogP contribution is 2.59. The first-order chi connectivity index (χ1) is 21.9. The van der Waals surface area contributed by atoms with Crippen molar-refractivity contribution in [1.29, 1.82) is 0 Å². The number of benzene rings is 1. The van der Waals surface area contributed by atoms with Crippen molar-refractivity contribution in [3.8, 4) is 0 Å². The largest absolute Gasteiger partial charge is 0.393 e. The third-order valence-corrected chi connectivity index (χ3v) is 12.2. The highest BCUT2D eigenvalue weighted by molar-refractivity contribution is 7.14. The molecule has 0 spiro atoms. The number of nitrogens with one attached hydrogen (secondary N) is 1. The average Bonchev–Trinajstić information content (AvgIpc) is 3.74. The van der Waals surface area contributed by atoms with E-state index in [1.165, 1.54) is 21.8 Å². The van der Waals surface area contributed by atoms with Gasteiger partial charge in [0, 0.05) is 33.3 Å². The molecule has 1 fully saturated rings. The van der Waals surface area contributed by atoms with Crippen LogP contribution in [0.15, 0.2) is 59.5 Å². The minimum Gasteiger partial charge on any atom is -0.393 e. The SMILES string of the molecule is CC1=CCCC2(C)C(CCC2(O)CN(CCc2cccs2)C(=O)NC(C)C)c2ccc(cc2C(=O)c2ccc(C)s2)CC(O)CC1. The van der Waals surface area contributed by atoms with Gasteiger partial charge in [0.25, 0.3) is 0 Å². The van der Waals surface area contributed by atoms with Crippen molar-refractivity contribution in [3.63, 3.8) is 0 Å². The quantitative estimate of drug-likeness (QED) is 0.168. The molecule has 0 saturated heterocycles. The van der Waals surface area contributed by atoms with Crippen molar-refractivity contribution >= 4 is 34.5 Å². The number of carbonyl (C=O) groups is 2. The van der Waals surface area contributed by atoms with Gasteiger partial charge < -0.3 is 20.4 Å². The second-order valence-electron chi connectivity index (χ2n) is 14.0. The van der Waals surface area contributed by atoms with E-state index in [2.05, 4.69) is 48.8 Å². The van der Waals surface area contributed by atoms with Gasteiger partial charge in [-0.1, -0.05) is 36.8 Å². The lowest BCUT2D eigenvalue weighted by atomic mass is 9.64. The van der Waals surface area contributed by atoms with Gasteiger partial charge in [0.05, 0.1) is 23.1 Å². The number of carbonyl (C=O) groups excluding carboxylic acids is 2. The fourth-order valence-corrected chi connectivity index (χ4v) is 9.01. The van der Waals surface area contributed by atoms with Crippen molar-refractivity contribution in [2.75, 3.05) is 13.1 Å². The Morgan fingerprint density at radius 1 is 1.11 bits per heavy atom. The molecule has 8 heteroatoms. The van der Waals surface area contributed by atoms with E-state index >= 15 is 0 Å². The van der Waals surface area contributed by atoms with Crippen LogP contribution in [0, 0.1) is 12.3 Å². The van der Waals surface area contributed by atoms with E-state index in [1.54, 1.807) is 11.3 Å². The summed E-state index contributed by atoms with van der Waals surface area (Å²) in [5.41, 5.74) is 2.06. The van der Waals surface area contributed by atoms with Crippen LogP contribution < -0.4 is 5.32 Å². The number of ketones is 1. The molecule has 3 aliphatic rings. The molecular weight excluding hydrogens is 613 g/mol. The molecule has 1 aromatic carbocycles. The van der Waals surface area contributed by atoms with Gasteiger partial charge >= 0.3 is 6.03 Å². The lowest BCUT2D eigenvalue weighted by Crippen LogP contribution is -2.56. The second kappa shape index (κ2) is 14.5. The highest BCUT2D eigenvalue weighted by atomic mass is 32.1. The Balaban J connectivity index is 1.56. The molecule has 3 aromatic rings. The van der Waals surface area contributed by atoms with E-state index < -0.39 is 17.1 Å². The van der Waals surface area contributed by atoms with Gasteiger partial charge in [-0.2, -0.15) is 0 Å². The number of rotatable bonds is 8. The number of thiophene rings is 2. The summed E-state index contributed by atoms with van der Waals surface area (Å²) in [7, 11) is 0. The van der Waals surface area contributed by atoms with E-state index in [0.29, 0.717) is 49.1 Å². The van der Waals surface area contributed by atoms with E-state index in [0.717, 1.165) is 35.3 Å². The molecule has 46 heavy (non-hydrogen) atoms. The van der Waals surface area contributed by atoms with Gasteiger partial charge in [-0.05, 0) is 126 Å². The minimum atomic E-state index is -1.16. The topological polar surface area (TPSA) is 89.9 Å². The number of amides is 2. The Kier molecular flexibility index (Phi) is 10.9. The van der Waals surface area contributed by atoms with E-state index in [-0.39, 0.29) is 30.3 Å². The third kappa shape index (κ3) is 7.67. The summed E-state index contributed by atoms with van der Waals surface area (Å²) < 4.78 is 0. The zero-order valence-electron chi connectivity index (χ0n) is 28.0. The molecule has 248 valence electrons. The predicted molar refractivity (Wildman–Crippen MR) is 189 cm³/mol. The average molecular weight is 663 g/mol. The molecule has 4 unspecified atom stereocenters. The smallest absolute Gasteiger partial charge is 0.317 e. The predicted octanol–water partition coefficient (Wildman–Crippen LogP) is 8.05. The maximum Gasteiger partial charge on any atom is 0.317 e. The van der Waals surface area contributed by atoms with Crippen LogP contribution in [0.3, 0.4) is 0 Å². The molecule has 2 amide bonds. The normalized spacial score (nSPS) is 25.2. The molecular formula is C38H50N2O4S2. The summed E-state index contributed by atoms with van der Waals surface area (Å²) in [6, 6.07) is 14.0. The Bertz CT molecular complexity index is 1540. The number of urea groups is 1. The molecule has 2 bridgehead atoms. The molecule has 6 nitrogen and oxygen atoms in total. The number of fused-ring (bicyclic) bond motifs is 8. The Hall–Kier alpha value is -2.78. The molecule has 0 aliphatic heterocycles. The summed E-state index contributed by atoms with van der Waals surface area (Å²) in [4.78, 5) is 32.6. The van der Waals surface area contributed by atoms with Gasteiger partial charge in [0.15, 0.2) is 0 Å². The molecule has 3 aliphatic carbocycles. The van der Waals surface area contributed by atoms with Gasteiger partial charge in [-0.15, -0.1) is 22.7 Å². The molecule has 3 N–H and O–H groups in total. The monoisotopic (exact) mass is 662 g/mol. The summed E-state index contributed by atoms with van der Waals surface area (Å²) in [6.07, 6.45) is 7.19. The van der Waals surface area contributed by atoms with Crippen molar-refractivity contribution in [2.24, 2.45) is 5.41 Å². The van der Waals surface area contributed by atoms with Crippen LogP contribution in [0.1, 0.15) is 108 Å². The first kappa shape index (κ1) is 34.6. The lowest BCUT2D eigenvalue weighted by molar-refractivity contribution is -0.0769. The highest BCUT2D eigenvalue weighted by Gasteiger charge is 2.57. The van der Waals surface area contributed by atoms with Crippen LogP contribution in [0.5, 0.6) is 0 Å². The van der Waals surface area contributed by atoms with Crippen LogP contribution in [0.25, 0.3) is 0 Å². The van der Waals surface area contributed by atoms with Gasteiger partial charge in [0.2, 0.25) is 5.78 Å². The molecule has 1 saturated carbocycles. The molecule has 4 atom stereocenters. The number of hydrogen-bond donors (Lipinski definition) is 3. The summed E-state index contributed by atoms with van der Waals surface area (Å²) in [6.45, 7) is 11.0. The number of aliphatic hydroxyl groups excluding tert-OH is 1. The number of aryl methyl sites for hydroxylation is 1. The van der Waals surface area contributed by atoms with E-state index in [9.17, 15) is 19.8 Å². The van der Waals surface area contributed by atoms with Crippen molar-refractivity contribution in [1.82, 2.24) is 10.2 Å². The van der Waals surface area contributed by atoms with Crippen LogP contribution in [0.2, 0.25) is 0 Å². The first-order valence-electron chi connectivity index (χ1n) is 16.8. The second-order valence-corrected chi connectivity index (χ2v) is 16.4. The van der Waals surface area contributed by atoms with E-state index in [1.807, 2.05) is 49.9 Å². The Morgan fingerprint density at radius 2 is 1.91 bits per heavy atom. The van der Waals surface area contributed by atoms with Gasteiger partial charge in [-0.25, -0.2) is 4.79 Å². The number of allylic oxidation sites excluding steroid dienone is 2. The maximum atomic E-state index is 14.2. The van der Waals surface area contributed by atoms with Gasteiger partial charge in [0.1, 0.15) is 0 Å². The minimum absolute atomic E-state index is 0.000973. The zero-order valence-corrected chi connectivity index (χ0v) is 29.6. The lowest BCUT2D eigenvalue weighted by Gasteiger charge is -2.46. The number of hydrogen-bond acceptors (Lipinski definition) is 6. The fourth-order valence-electron chi connectivity index (χ4n) is 7.49. The number of nitrogens with zero attached hydrogens (tertiary/aromatic N) is 1. The van der Waals surface area contributed by atoms with E-state index in [4.69, 9.17) is 0 Å². The zero-order chi connectivity index (χ0) is 33.1. The Morgan fingerprint density at radius 3 is 2.61 bits per heavy atom. The molecule has 0 radical (unpaired) electrons. The van der Waals surface area contributed by atoms with Crippen LogP contribution in [0.4, 0.5) is 4.79 Å². The maximum absolute atomic E-state index is 14.2. The molecule has 2 heterocycles. The van der Waals surface area contributed by atoms with Gasteiger partial charge in [-0.3, -0.25) is 4.79 Å².